The fourth-order valence-corrected chi connectivity index (χ4v) is 1.36. The summed E-state index contributed by atoms with van der Waals surface area (Å²) in [6.45, 7) is 6.48. The van der Waals surface area contributed by atoms with Crippen LogP contribution in [0, 0.1) is 0 Å². The summed E-state index contributed by atoms with van der Waals surface area (Å²) in [5.41, 5.74) is 0. The summed E-state index contributed by atoms with van der Waals surface area (Å²) < 4.78 is 5.25. The van der Waals surface area contributed by atoms with Crippen LogP contribution in [0.5, 0.6) is 0 Å². The Bertz CT molecular complexity index is 189. The molecule has 0 radical (unpaired) electrons. The number of ether oxygens (including phenoxy) is 1. The summed E-state index contributed by atoms with van der Waals surface area (Å²) in [5.74, 6) is 0.0786. The van der Waals surface area contributed by atoms with E-state index >= 15 is 0 Å². The molecule has 0 aromatic rings. The third-order valence-corrected chi connectivity index (χ3v) is 2.10. The molecule has 2 N–H and O–H groups in total. The number of carbonyl (C=O) groups is 1. The molecule has 1 fully saturated rings. The smallest absolute Gasteiger partial charge is 0.221 e. The Kier molecular flexibility index (Phi) is 5.25. The molecular weight excluding hydrogens is 180 g/mol. The first-order valence-electron chi connectivity index (χ1n) is 5.01. The summed E-state index contributed by atoms with van der Waals surface area (Å²) in [4.78, 5) is 11.3. The molecule has 4 nitrogen and oxygen atoms in total. The van der Waals surface area contributed by atoms with Gasteiger partial charge in [0.25, 0.3) is 0 Å². The molecule has 1 atom stereocenters. The Balaban J connectivity index is 2.09. The van der Waals surface area contributed by atoms with Crippen molar-refractivity contribution >= 4 is 5.91 Å². The first-order chi connectivity index (χ1) is 6.83. The maximum absolute atomic E-state index is 11.3. The average Bonchev–Trinajstić information content (AvgIpc) is 2.20. The van der Waals surface area contributed by atoms with Gasteiger partial charge in [0.05, 0.1) is 13.2 Å². The number of amides is 1. The van der Waals surface area contributed by atoms with E-state index in [2.05, 4.69) is 17.2 Å². The Morgan fingerprint density at radius 3 is 3.21 bits per heavy atom. The minimum atomic E-state index is 0.0786. The van der Waals surface area contributed by atoms with E-state index in [0.29, 0.717) is 19.6 Å². The highest BCUT2D eigenvalue weighted by Gasteiger charge is 2.15. The van der Waals surface area contributed by atoms with Gasteiger partial charge < -0.3 is 15.4 Å². The van der Waals surface area contributed by atoms with Gasteiger partial charge in [0.15, 0.2) is 0 Å². The van der Waals surface area contributed by atoms with Crippen molar-refractivity contribution in [2.24, 2.45) is 0 Å². The molecule has 1 amide bonds. The van der Waals surface area contributed by atoms with E-state index in [1.54, 1.807) is 6.08 Å². The standard InChI is InChI=1S/C10H18N2O2/c1-2-3-4-12-10(13)7-9-8-14-6-5-11-9/h2,9,11H,1,3-8H2,(H,12,13). The van der Waals surface area contributed by atoms with E-state index in [1.807, 2.05) is 0 Å². The fourth-order valence-electron chi connectivity index (χ4n) is 1.36. The van der Waals surface area contributed by atoms with Gasteiger partial charge in [-0.05, 0) is 6.42 Å². The van der Waals surface area contributed by atoms with E-state index in [1.165, 1.54) is 0 Å². The number of nitrogens with one attached hydrogen (secondary N) is 2. The maximum Gasteiger partial charge on any atom is 0.221 e. The monoisotopic (exact) mass is 198 g/mol. The van der Waals surface area contributed by atoms with Crippen molar-refractivity contribution in [3.05, 3.63) is 12.7 Å². The van der Waals surface area contributed by atoms with Crippen LogP contribution in [0.3, 0.4) is 0 Å². The first kappa shape index (κ1) is 11.2. The minimum absolute atomic E-state index is 0.0786. The van der Waals surface area contributed by atoms with Gasteiger partial charge in [-0.25, -0.2) is 0 Å². The number of morpholine rings is 1. The van der Waals surface area contributed by atoms with E-state index < -0.39 is 0 Å². The summed E-state index contributed by atoms with van der Waals surface area (Å²) in [5, 5.41) is 6.06. The number of hydrogen-bond acceptors (Lipinski definition) is 3. The van der Waals surface area contributed by atoms with E-state index in [9.17, 15) is 4.79 Å². The molecule has 0 spiro atoms. The Morgan fingerprint density at radius 1 is 1.71 bits per heavy atom. The highest BCUT2D eigenvalue weighted by atomic mass is 16.5. The highest BCUT2D eigenvalue weighted by Crippen LogP contribution is 1.97. The van der Waals surface area contributed by atoms with Gasteiger partial charge in [-0.15, -0.1) is 6.58 Å². The maximum atomic E-state index is 11.3. The highest BCUT2D eigenvalue weighted by molar-refractivity contribution is 5.76. The lowest BCUT2D eigenvalue weighted by Gasteiger charge is -2.23. The van der Waals surface area contributed by atoms with Gasteiger partial charge in [-0.3, -0.25) is 4.79 Å². The second-order valence-corrected chi connectivity index (χ2v) is 3.36. The molecule has 1 aliphatic rings. The minimum Gasteiger partial charge on any atom is -0.378 e. The normalized spacial score (nSPS) is 21.6. The van der Waals surface area contributed by atoms with Crippen molar-refractivity contribution < 1.29 is 9.53 Å². The number of carbonyl (C=O) groups excluding carboxylic acids is 1. The molecular formula is C10H18N2O2. The molecule has 1 unspecified atom stereocenters. The zero-order valence-electron chi connectivity index (χ0n) is 8.42. The van der Waals surface area contributed by atoms with E-state index in [0.717, 1.165) is 19.6 Å². The summed E-state index contributed by atoms with van der Waals surface area (Å²) >= 11 is 0. The largest absolute Gasteiger partial charge is 0.378 e. The van der Waals surface area contributed by atoms with E-state index in [4.69, 9.17) is 4.74 Å². The molecule has 1 heterocycles. The molecule has 0 aliphatic carbocycles. The third-order valence-electron chi connectivity index (χ3n) is 2.10. The number of hydrogen-bond donors (Lipinski definition) is 2. The third kappa shape index (κ3) is 4.39. The van der Waals surface area contributed by atoms with Crippen molar-refractivity contribution in [3.63, 3.8) is 0 Å². The fraction of sp³-hybridized carbons (Fsp3) is 0.700. The predicted octanol–water partition coefficient (Wildman–Crippen LogP) is 0.0572. The number of rotatable bonds is 5. The zero-order valence-corrected chi connectivity index (χ0v) is 8.42. The van der Waals surface area contributed by atoms with Gasteiger partial charge >= 0.3 is 0 Å². The first-order valence-corrected chi connectivity index (χ1v) is 5.01. The van der Waals surface area contributed by atoms with Crippen molar-refractivity contribution in [1.29, 1.82) is 0 Å². The average molecular weight is 198 g/mol. The van der Waals surface area contributed by atoms with Gasteiger partial charge in [-0.2, -0.15) is 0 Å². The molecule has 0 aromatic heterocycles. The molecule has 4 heteroatoms. The molecule has 1 aliphatic heterocycles. The van der Waals surface area contributed by atoms with Crippen LogP contribution in [-0.2, 0) is 9.53 Å². The molecule has 0 saturated carbocycles. The summed E-state index contributed by atoms with van der Waals surface area (Å²) in [7, 11) is 0. The molecule has 0 bridgehead atoms. The van der Waals surface area contributed by atoms with Crippen molar-refractivity contribution in [2.75, 3.05) is 26.3 Å². The second kappa shape index (κ2) is 6.56. The lowest BCUT2D eigenvalue weighted by molar-refractivity contribution is -0.122. The van der Waals surface area contributed by atoms with Crippen LogP contribution >= 0.6 is 0 Å². The summed E-state index contributed by atoms with van der Waals surface area (Å²) in [6.07, 6.45) is 3.11. The van der Waals surface area contributed by atoms with Gasteiger partial charge in [0.2, 0.25) is 5.91 Å². The van der Waals surface area contributed by atoms with Crippen LogP contribution in [0.2, 0.25) is 0 Å². The molecule has 0 aromatic carbocycles. The Hall–Kier alpha value is -0.870. The molecule has 1 saturated heterocycles. The van der Waals surface area contributed by atoms with Crippen LogP contribution in [0.4, 0.5) is 0 Å². The topological polar surface area (TPSA) is 50.4 Å². The lowest BCUT2D eigenvalue weighted by atomic mass is 10.2. The zero-order chi connectivity index (χ0) is 10.2. The van der Waals surface area contributed by atoms with Crippen molar-refractivity contribution in [3.8, 4) is 0 Å². The SMILES string of the molecule is C=CCCNC(=O)CC1COCCN1. The van der Waals surface area contributed by atoms with Gasteiger partial charge in [-0.1, -0.05) is 6.08 Å². The molecule has 80 valence electrons. The van der Waals surface area contributed by atoms with Crippen LogP contribution < -0.4 is 10.6 Å². The molecule has 1 rings (SSSR count). The quantitative estimate of drug-likeness (QED) is 0.485. The Morgan fingerprint density at radius 2 is 2.57 bits per heavy atom. The van der Waals surface area contributed by atoms with Gasteiger partial charge in [0, 0.05) is 25.6 Å². The molecule has 14 heavy (non-hydrogen) atoms. The Labute approximate surface area is 84.7 Å². The van der Waals surface area contributed by atoms with Gasteiger partial charge in [0.1, 0.15) is 0 Å². The van der Waals surface area contributed by atoms with Crippen molar-refractivity contribution in [1.82, 2.24) is 10.6 Å². The summed E-state index contributed by atoms with van der Waals surface area (Å²) in [6, 6.07) is 0.174. The lowest BCUT2D eigenvalue weighted by Crippen LogP contribution is -2.44. The van der Waals surface area contributed by atoms with Crippen LogP contribution in [0.25, 0.3) is 0 Å². The second-order valence-electron chi connectivity index (χ2n) is 3.36. The van der Waals surface area contributed by atoms with Crippen molar-refractivity contribution in [2.45, 2.75) is 18.9 Å². The van der Waals surface area contributed by atoms with Crippen LogP contribution in [0.15, 0.2) is 12.7 Å². The van der Waals surface area contributed by atoms with E-state index in [-0.39, 0.29) is 11.9 Å². The predicted molar refractivity (Wildman–Crippen MR) is 55.1 cm³/mol. The van der Waals surface area contributed by atoms with Crippen LogP contribution in [-0.4, -0.2) is 38.3 Å². The van der Waals surface area contributed by atoms with Crippen LogP contribution in [0.1, 0.15) is 12.8 Å².